The molecular weight excluding hydrogens is 775 g/mol. The molecule has 7 heterocycles. The number of carbonyl (C=O) groups is 5. The Hall–Kier alpha value is -6.41. The molecule has 3 aromatic carbocycles. The first-order chi connectivity index (χ1) is 29.7. The molecule has 5 aliphatic heterocycles. The molecule has 14 heteroatoms. The predicted octanol–water partition coefficient (Wildman–Crippen LogP) is 5.00. The Morgan fingerprint density at radius 1 is 0.885 bits per heavy atom. The fourth-order valence-electron chi connectivity index (χ4n) is 9.72. The number of nitrogens with zero attached hydrogens (tertiary/aromatic N) is 6. The number of ether oxygens (including phenoxy) is 2. The molecule has 312 valence electrons. The summed E-state index contributed by atoms with van der Waals surface area (Å²) in [6.45, 7) is 6.28. The van der Waals surface area contributed by atoms with Crippen LogP contribution in [-0.4, -0.2) is 104 Å². The number of rotatable bonds is 8. The fourth-order valence-corrected chi connectivity index (χ4v) is 9.72. The summed E-state index contributed by atoms with van der Waals surface area (Å²) in [6, 6.07) is 20.9. The van der Waals surface area contributed by atoms with Crippen molar-refractivity contribution in [2.45, 2.75) is 83.1 Å². The molecule has 0 saturated carbocycles. The fraction of sp³-hybridized carbons (Fsp3) is 0.383. The van der Waals surface area contributed by atoms with Crippen molar-refractivity contribution in [1.29, 1.82) is 0 Å². The highest BCUT2D eigenvalue weighted by atomic mass is 16.5. The molecule has 1 unspecified atom stereocenters. The van der Waals surface area contributed by atoms with Crippen molar-refractivity contribution >= 4 is 40.3 Å². The normalized spacial score (nSPS) is 20.5. The van der Waals surface area contributed by atoms with E-state index in [1.54, 1.807) is 19.1 Å². The molecule has 5 aliphatic rings. The maximum absolute atomic E-state index is 13.6. The van der Waals surface area contributed by atoms with Gasteiger partial charge in [-0.2, -0.15) is 0 Å². The molecule has 3 saturated heterocycles. The van der Waals surface area contributed by atoms with Gasteiger partial charge < -0.3 is 28.7 Å². The second kappa shape index (κ2) is 15.9. The lowest BCUT2D eigenvalue weighted by molar-refractivity contribution is -0.137. The monoisotopic (exact) mass is 821 g/mol. The van der Waals surface area contributed by atoms with Crippen molar-refractivity contribution in [3.63, 3.8) is 0 Å². The number of hydrogen-bond donors (Lipinski definition) is 1. The van der Waals surface area contributed by atoms with Gasteiger partial charge in [-0.25, -0.2) is 4.98 Å². The van der Waals surface area contributed by atoms with E-state index in [9.17, 15) is 24.0 Å². The van der Waals surface area contributed by atoms with E-state index in [2.05, 4.69) is 34.1 Å². The van der Waals surface area contributed by atoms with Gasteiger partial charge in [0.15, 0.2) is 0 Å². The summed E-state index contributed by atoms with van der Waals surface area (Å²) in [4.78, 5) is 79.0. The van der Waals surface area contributed by atoms with Gasteiger partial charge in [0.2, 0.25) is 23.6 Å². The van der Waals surface area contributed by atoms with Gasteiger partial charge in [-0.05, 0) is 72.2 Å². The number of pyridine rings is 1. The van der Waals surface area contributed by atoms with Crippen LogP contribution in [-0.2, 0) is 50.0 Å². The zero-order valence-electron chi connectivity index (χ0n) is 34.1. The standard InChI is InChI=1S/C47H47N7O7/c1-28(55)51-18-19-53-41(27-51)44(50-45(53)30-15-20-60-21-16-30)35-6-2-4-31-22-39(48-24-37(31)35)29-8-10-33(11-9-29)61-34-14-17-52(25-34)43(57)23-32-5-3-7-36-38(32)26-54(47(36)59)40-12-13-42(56)49-46(40)58/h2-11,22,24,30,34,40H,12-21,23,25-27H2,1H3,(H,49,56,58)/t34-,40?/m1/s1. The third-order valence-corrected chi connectivity index (χ3v) is 13.1. The van der Waals surface area contributed by atoms with E-state index < -0.39 is 11.9 Å². The number of amides is 5. The van der Waals surface area contributed by atoms with Crippen LogP contribution in [0, 0.1) is 0 Å². The summed E-state index contributed by atoms with van der Waals surface area (Å²) in [5, 5.41) is 4.39. The lowest BCUT2D eigenvalue weighted by Crippen LogP contribution is -2.52. The zero-order chi connectivity index (χ0) is 41.8. The largest absolute Gasteiger partial charge is 0.489 e. The average Bonchev–Trinajstić information content (AvgIpc) is 4.00. The Bertz CT molecular complexity index is 2600. The number of piperidine rings is 1. The number of imidazole rings is 1. The van der Waals surface area contributed by atoms with Gasteiger partial charge >= 0.3 is 0 Å². The molecular formula is C47H47N7O7. The van der Waals surface area contributed by atoms with Gasteiger partial charge in [0, 0.05) is 93.3 Å². The smallest absolute Gasteiger partial charge is 0.255 e. The van der Waals surface area contributed by atoms with Crippen LogP contribution < -0.4 is 10.1 Å². The van der Waals surface area contributed by atoms with E-state index in [-0.39, 0.29) is 55.5 Å². The van der Waals surface area contributed by atoms with Gasteiger partial charge in [-0.3, -0.25) is 34.3 Å². The maximum atomic E-state index is 13.6. The molecule has 10 rings (SSSR count). The Morgan fingerprint density at radius 3 is 2.49 bits per heavy atom. The molecule has 2 atom stereocenters. The van der Waals surface area contributed by atoms with Gasteiger partial charge in [0.05, 0.1) is 36.6 Å². The van der Waals surface area contributed by atoms with Crippen LogP contribution in [0.25, 0.3) is 33.3 Å². The molecule has 0 aliphatic carbocycles. The molecule has 2 aromatic heterocycles. The van der Waals surface area contributed by atoms with Crippen LogP contribution in [0.15, 0.2) is 72.9 Å². The number of nitrogens with one attached hydrogen (secondary N) is 1. The second-order valence-corrected chi connectivity index (χ2v) is 16.8. The first-order valence-corrected chi connectivity index (χ1v) is 21.3. The van der Waals surface area contributed by atoms with Crippen LogP contribution in [0.3, 0.4) is 0 Å². The average molecular weight is 822 g/mol. The molecule has 5 aromatic rings. The van der Waals surface area contributed by atoms with Crippen LogP contribution >= 0.6 is 0 Å². The van der Waals surface area contributed by atoms with Crippen LogP contribution in [0.1, 0.15) is 77.9 Å². The van der Waals surface area contributed by atoms with Crippen molar-refractivity contribution in [2.24, 2.45) is 0 Å². The predicted molar refractivity (Wildman–Crippen MR) is 224 cm³/mol. The van der Waals surface area contributed by atoms with Crippen LogP contribution in [0.4, 0.5) is 0 Å². The van der Waals surface area contributed by atoms with Crippen molar-refractivity contribution in [3.05, 3.63) is 101 Å². The summed E-state index contributed by atoms with van der Waals surface area (Å²) < 4.78 is 14.4. The molecule has 0 spiro atoms. The van der Waals surface area contributed by atoms with Crippen molar-refractivity contribution in [1.82, 2.24) is 34.6 Å². The van der Waals surface area contributed by atoms with E-state index in [4.69, 9.17) is 19.4 Å². The minimum atomic E-state index is -0.707. The zero-order valence-corrected chi connectivity index (χ0v) is 34.1. The summed E-state index contributed by atoms with van der Waals surface area (Å²) in [5.74, 6) is 1.11. The maximum Gasteiger partial charge on any atom is 0.255 e. The summed E-state index contributed by atoms with van der Waals surface area (Å²) in [6.07, 6.45) is 4.95. The minimum Gasteiger partial charge on any atom is -0.489 e. The van der Waals surface area contributed by atoms with E-state index in [1.807, 2.05) is 46.3 Å². The minimum absolute atomic E-state index is 0.0436. The third kappa shape index (κ3) is 7.32. The number of likely N-dealkylation sites (tertiary alicyclic amines) is 1. The van der Waals surface area contributed by atoms with Gasteiger partial charge in [-0.1, -0.05) is 30.3 Å². The molecule has 61 heavy (non-hydrogen) atoms. The lowest BCUT2D eigenvalue weighted by atomic mass is 9.99. The Labute approximate surface area is 352 Å². The van der Waals surface area contributed by atoms with Gasteiger partial charge in [-0.15, -0.1) is 0 Å². The van der Waals surface area contributed by atoms with Gasteiger partial charge in [0.25, 0.3) is 5.91 Å². The molecule has 5 amide bonds. The van der Waals surface area contributed by atoms with Crippen LogP contribution in [0.5, 0.6) is 5.75 Å². The topological polar surface area (TPSA) is 156 Å². The summed E-state index contributed by atoms with van der Waals surface area (Å²) >= 11 is 0. The van der Waals surface area contributed by atoms with Gasteiger partial charge in [0.1, 0.15) is 23.7 Å². The number of aromatic nitrogens is 3. The van der Waals surface area contributed by atoms with Crippen molar-refractivity contribution in [2.75, 3.05) is 32.8 Å². The first-order valence-electron chi connectivity index (χ1n) is 21.3. The lowest BCUT2D eigenvalue weighted by Gasteiger charge is -2.30. The number of hydrogen-bond acceptors (Lipinski definition) is 9. The molecule has 0 bridgehead atoms. The highest BCUT2D eigenvalue weighted by Gasteiger charge is 2.40. The molecule has 0 radical (unpaired) electrons. The highest BCUT2D eigenvalue weighted by Crippen LogP contribution is 2.38. The SMILES string of the molecule is CC(=O)N1CCn2c(C3CCOCC3)nc(-c3cccc4cc(-c5ccc(O[C@@H]6CCN(C(=O)Cc7cccc8c7CN(C7CCC(=O)NC7=O)C8=O)C6)cc5)ncc34)c2C1. The Kier molecular flexibility index (Phi) is 10.1. The number of fused-ring (bicyclic) bond motifs is 3. The number of imide groups is 1. The quantitative estimate of drug-likeness (QED) is 0.213. The van der Waals surface area contributed by atoms with E-state index >= 15 is 0 Å². The van der Waals surface area contributed by atoms with E-state index in [0.717, 1.165) is 88.5 Å². The number of benzene rings is 3. The van der Waals surface area contributed by atoms with E-state index in [1.165, 1.54) is 4.90 Å². The molecule has 3 fully saturated rings. The second-order valence-electron chi connectivity index (χ2n) is 16.8. The Morgan fingerprint density at radius 2 is 1.69 bits per heavy atom. The number of carbonyl (C=O) groups excluding carboxylic acids is 5. The third-order valence-electron chi connectivity index (χ3n) is 13.1. The first kappa shape index (κ1) is 38.8. The highest BCUT2D eigenvalue weighted by molar-refractivity contribution is 6.05. The van der Waals surface area contributed by atoms with E-state index in [0.29, 0.717) is 49.8 Å². The Balaban J connectivity index is 0.803. The summed E-state index contributed by atoms with van der Waals surface area (Å²) in [7, 11) is 0. The summed E-state index contributed by atoms with van der Waals surface area (Å²) in [5.41, 5.74) is 6.81. The molecule has 14 nitrogen and oxygen atoms in total. The van der Waals surface area contributed by atoms with Crippen LogP contribution in [0.2, 0.25) is 0 Å². The van der Waals surface area contributed by atoms with Crippen molar-refractivity contribution in [3.8, 4) is 28.3 Å². The van der Waals surface area contributed by atoms with Crippen molar-refractivity contribution < 1.29 is 33.4 Å². The molecule has 1 N–H and O–H groups in total.